The van der Waals surface area contributed by atoms with Gasteiger partial charge in [-0.15, -0.1) is 0 Å². The van der Waals surface area contributed by atoms with E-state index >= 15 is 0 Å². The van der Waals surface area contributed by atoms with Crippen molar-refractivity contribution in [3.63, 3.8) is 0 Å². The van der Waals surface area contributed by atoms with Gasteiger partial charge in [0, 0.05) is 6.61 Å². The number of ether oxygens (including phenoxy) is 1. The zero-order chi connectivity index (χ0) is 12.6. The molecule has 1 amide bonds. The molecular weight excluding hydrogens is 228 g/mol. The summed E-state index contributed by atoms with van der Waals surface area (Å²) in [4.78, 5) is 12.0. The van der Waals surface area contributed by atoms with E-state index in [0.717, 1.165) is 24.8 Å². The van der Waals surface area contributed by atoms with Gasteiger partial charge in [0.1, 0.15) is 6.10 Å². The van der Waals surface area contributed by atoms with E-state index in [1.54, 1.807) is 0 Å². The lowest BCUT2D eigenvalue weighted by molar-refractivity contribution is -0.124. The number of hydrogen-bond donors (Lipinski definition) is 2. The number of carbonyl (C=O) groups excluding carboxylic acids is 1. The second kappa shape index (κ2) is 4.37. The summed E-state index contributed by atoms with van der Waals surface area (Å²) in [6.45, 7) is 0.683. The normalized spacial score (nSPS) is 28.9. The van der Waals surface area contributed by atoms with Crippen LogP contribution in [0.3, 0.4) is 0 Å². The number of carbonyl (C=O) groups is 1. The molecule has 0 spiro atoms. The molecule has 4 heteroatoms. The minimum atomic E-state index is -0.607. The van der Waals surface area contributed by atoms with Crippen molar-refractivity contribution in [1.82, 2.24) is 5.32 Å². The van der Waals surface area contributed by atoms with Crippen molar-refractivity contribution in [3.05, 3.63) is 35.9 Å². The molecule has 1 saturated heterocycles. The summed E-state index contributed by atoms with van der Waals surface area (Å²) < 4.78 is 5.73. The summed E-state index contributed by atoms with van der Waals surface area (Å²) in [6, 6.07) is 10.1. The monoisotopic (exact) mass is 246 g/mol. The molecule has 3 N–H and O–H groups in total. The highest BCUT2D eigenvalue weighted by atomic mass is 16.5. The molecule has 1 saturated carbocycles. The van der Waals surface area contributed by atoms with Gasteiger partial charge >= 0.3 is 0 Å². The maximum atomic E-state index is 12.0. The van der Waals surface area contributed by atoms with Crippen LogP contribution in [0.1, 0.15) is 30.9 Å². The molecule has 1 aliphatic heterocycles. The molecule has 0 radical (unpaired) electrons. The van der Waals surface area contributed by atoms with E-state index in [1.807, 2.05) is 30.3 Å². The van der Waals surface area contributed by atoms with Gasteiger partial charge < -0.3 is 15.8 Å². The van der Waals surface area contributed by atoms with Gasteiger partial charge in [0.25, 0.3) is 0 Å². The van der Waals surface area contributed by atoms with Gasteiger partial charge in [-0.05, 0) is 24.8 Å². The molecule has 0 aromatic heterocycles. The van der Waals surface area contributed by atoms with E-state index in [0.29, 0.717) is 6.61 Å². The van der Waals surface area contributed by atoms with Crippen LogP contribution in [0.5, 0.6) is 0 Å². The lowest BCUT2D eigenvalue weighted by atomic mass is 10.0. The average Bonchev–Trinajstić information content (AvgIpc) is 2.99. The number of nitrogens with one attached hydrogen (secondary N) is 1. The van der Waals surface area contributed by atoms with Crippen LogP contribution in [0.15, 0.2) is 30.3 Å². The van der Waals surface area contributed by atoms with Crippen molar-refractivity contribution in [2.24, 2.45) is 5.73 Å². The first-order chi connectivity index (χ1) is 8.69. The molecule has 2 aliphatic rings. The molecule has 1 aromatic rings. The third-order valence-corrected chi connectivity index (χ3v) is 3.78. The van der Waals surface area contributed by atoms with Crippen LogP contribution in [0, 0.1) is 0 Å². The van der Waals surface area contributed by atoms with Gasteiger partial charge in [0.15, 0.2) is 0 Å². The summed E-state index contributed by atoms with van der Waals surface area (Å²) in [5.41, 5.74) is 6.41. The Morgan fingerprint density at radius 1 is 1.33 bits per heavy atom. The maximum absolute atomic E-state index is 12.0. The molecule has 3 rings (SSSR count). The van der Waals surface area contributed by atoms with Gasteiger partial charge in [-0.25, -0.2) is 0 Å². The van der Waals surface area contributed by atoms with Crippen molar-refractivity contribution in [2.45, 2.75) is 36.9 Å². The fourth-order valence-electron chi connectivity index (χ4n) is 2.38. The van der Waals surface area contributed by atoms with E-state index in [2.05, 4.69) is 5.32 Å². The molecule has 1 heterocycles. The molecular formula is C14H18N2O2. The van der Waals surface area contributed by atoms with Crippen LogP contribution >= 0.6 is 0 Å². The lowest BCUT2D eigenvalue weighted by Crippen LogP contribution is -2.47. The largest absolute Gasteiger partial charge is 0.371 e. The van der Waals surface area contributed by atoms with Crippen molar-refractivity contribution >= 4 is 5.91 Å². The molecule has 1 aromatic carbocycles. The first-order valence-corrected chi connectivity index (χ1v) is 6.45. The van der Waals surface area contributed by atoms with Crippen molar-refractivity contribution in [1.29, 1.82) is 0 Å². The molecule has 96 valence electrons. The SMILES string of the molecule is NC1(C(=O)NC2CCOC2c2ccccc2)CC1. The summed E-state index contributed by atoms with van der Waals surface area (Å²) >= 11 is 0. The Morgan fingerprint density at radius 2 is 2.06 bits per heavy atom. The second-order valence-electron chi connectivity index (χ2n) is 5.23. The molecule has 1 aliphatic carbocycles. The first kappa shape index (κ1) is 11.7. The molecule has 4 nitrogen and oxygen atoms in total. The van der Waals surface area contributed by atoms with Gasteiger partial charge in [-0.3, -0.25) is 4.79 Å². The predicted molar refractivity (Wildman–Crippen MR) is 67.8 cm³/mol. The molecule has 0 bridgehead atoms. The lowest BCUT2D eigenvalue weighted by Gasteiger charge is -2.22. The van der Waals surface area contributed by atoms with Gasteiger partial charge in [-0.1, -0.05) is 30.3 Å². The smallest absolute Gasteiger partial charge is 0.240 e. The Hall–Kier alpha value is -1.39. The Morgan fingerprint density at radius 3 is 2.72 bits per heavy atom. The molecule has 2 atom stereocenters. The Bertz CT molecular complexity index is 442. The van der Waals surface area contributed by atoms with Crippen LogP contribution in [-0.4, -0.2) is 24.1 Å². The summed E-state index contributed by atoms with van der Waals surface area (Å²) in [7, 11) is 0. The zero-order valence-electron chi connectivity index (χ0n) is 10.3. The summed E-state index contributed by atoms with van der Waals surface area (Å²) in [6.07, 6.45) is 2.39. The number of amides is 1. The Labute approximate surface area is 107 Å². The average molecular weight is 246 g/mol. The first-order valence-electron chi connectivity index (χ1n) is 6.45. The third-order valence-electron chi connectivity index (χ3n) is 3.78. The van der Waals surface area contributed by atoms with Crippen molar-refractivity contribution in [2.75, 3.05) is 6.61 Å². The van der Waals surface area contributed by atoms with Gasteiger partial charge in [0.2, 0.25) is 5.91 Å². The minimum absolute atomic E-state index is 0.0288. The van der Waals surface area contributed by atoms with E-state index in [9.17, 15) is 4.79 Å². The quantitative estimate of drug-likeness (QED) is 0.840. The predicted octanol–water partition coefficient (Wildman–Crippen LogP) is 1.12. The fourth-order valence-corrected chi connectivity index (χ4v) is 2.38. The zero-order valence-corrected chi connectivity index (χ0v) is 10.3. The minimum Gasteiger partial charge on any atom is -0.371 e. The highest BCUT2D eigenvalue weighted by Crippen LogP contribution is 2.34. The van der Waals surface area contributed by atoms with Crippen molar-refractivity contribution < 1.29 is 9.53 Å². The third kappa shape index (κ3) is 2.13. The van der Waals surface area contributed by atoms with Crippen LogP contribution in [-0.2, 0) is 9.53 Å². The summed E-state index contributed by atoms with van der Waals surface area (Å²) in [5.74, 6) is -0.0288. The number of rotatable bonds is 3. The van der Waals surface area contributed by atoms with Crippen LogP contribution in [0.2, 0.25) is 0 Å². The molecule has 18 heavy (non-hydrogen) atoms. The fraction of sp³-hybridized carbons (Fsp3) is 0.500. The Balaban J connectivity index is 1.70. The van der Waals surface area contributed by atoms with E-state index in [-0.39, 0.29) is 18.1 Å². The van der Waals surface area contributed by atoms with Gasteiger partial charge in [-0.2, -0.15) is 0 Å². The number of nitrogens with two attached hydrogens (primary N) is 1. The Kier molecular flexibility index (Phi) is 2.84. The van der Waals surface area contributed by atoms with E-state index < -0.39 is 5.54 Å². The van der Waals surface area contributed by atoms with Gasteiger partial charge in [0.05, 0.1) is 11.6 Å². The number of benzene rings is 1. The van der Waals surface area contributed by atoms with Crippen LogP contribution < -0.4 is 11.1 Å². The maximum Gasteiger partial charge on any atom is 0.240 e. The van der Waals surface area contributed by atoms with Crippen LogP contribution in [0.4, 0.5) is 0 Å². The number of hydrogen-bond acceptors (Lipinski definition) is 3. The van der Waals surface area contributed by atoms with Crippen molar-refractivity contribution in [3.8, 4) is 0 Å². The highest BCUT2D eigenvalue weighted by molar-refractivity contribution is 5.89. The van der Waals surface area contributed by atoms with E-state index in [4.69, 9.17) is 10.5 Å². The molecule has 2 fully saturated rings. The standard InChI is InChI=1S/C14H18N2O2/c15-14(7-8-14)13(17)16-11-6-9-18-12(11)10-4-2-1-3-5-10/h1-5,11-12H,6-9,15H2,(H,16,17). The topological polar surface area (TPSA) is 64.4 Å². The summed E-state index contributed by atoms with van der Waals surface area (Å²) in [5, 5.41) is 3.04. The highest BCUT2D eigenvalue weighted by Gasteiger charge is 2.47. The second-order valence-corrected chi connectivity index (χ2v) is 5.23. The molecule has 2 unspecified atom stereocenters. The van der Waals surface area contributed by atoms with E-state index in [1.165, 1.54) is 0 Å². The van der Waals surface area contributed by atoms with Crippen LogP contribution in [0.25, 0.3) is 0 Å².